The third-order valence-electron chi connectivity index (χ3n) is 2.63. The van der Waals surface area contributed by atoms with Crippen molar-refractivity contribution in [2.45, 2.75) is 12.6 Å². The van der Waals surface area contributed by atoms with E-state index in [1.165, 1.54) is 17.4 Å². The summed E-state index contributed by atoms with van der Waals surface area (Å²) in [5.41, 5.74) is 4.87. The van der Waals surface area contributed by atoms with E-state index in [4.69, 9.17) is 5.73 Å². The van der Waals surface area contributed by atoms with Crippen LogP contribution in [-0.2, 0) is 11.3 Å². The van der Waals surface area contributed by atoms with Gasteiger partial charge in [-0.25, -0.2) is 8.78 Å². The molecule has 19 heavy (non-hydrogen) atoms. The summed E-state index contributed by atoms with van der Waals surface area (Å²) in [5.74, 6) is -2.40. The fourth-order valence-corrected chi connectivity index (χ4v) is 2.40. The largest absolute Gasteiger partial charge is 0.368 e. The lowest BCUT2D eigenvalue weighted by Crippen LogP contribution is -2.34. The van der Waals surface area contributed by atoms with Gasteiger partial charge in [0.15, 0.2) is 0 Å². The smallest absolute Gasteiger partial charge is 0.239 e. The lowest BCUT2D eigenvalue weighted by atomic mass is 10.0. The standard InChI is InChI=1S/C13H12F2N2OS/c14-9-4-1-5-10(15)11(9)12(13(16)18)17-7-8-3-2-6-19-8/h1-6,12,17H,7H2,(H2,16,18). The first-order valence-corrected chi connectivity index (χ1v) is 6.46. The second kappa shape index (κ2) is 5.90. The van der Waals surface area contributed by atoms with E-state index < -0.39 is 23.6 Å². The number of rotatable bonds is 5. The number of nitrogens with one attached hydrogen (secondary N) is 1. The van der Waals surface area contributed by atoms with Crippen molar-refractivity contribution in [3.05, 3.63) is 57.8 Å². The van der Waals surface area contributed by atoms with Crippen molar-refractivity contribution in [3.8, 4) is 0 Å². The Kier molecular flexibility index (Phi) is 4.24. The fraction of sp³-hybridized carbons (Fsp3) is 0.154. The van der Waals surface area contributed by atoms with Crippen molar-refractivity contribution in [3.63, 3.8) is 0 Å². The number of carbonyl (C=O) groups excluding carboxylic acids is 1. The average Bonchev–Trinajstić information content (AvgIpc) is 2.85. The number of halogens is 2. The SMILES string of the molecule is NC(=O)C(NCc1cccs1)c1c(F)cccc1F. The molecule has 2 aromatic rings. The van der Waals surface area contributed by atoms with Crippen LogP contribution in [-0.4, -0.2) is 5.91 Å². The van der Waals surface area contributed by atoms with Crippen molar-refractivity contribution in [2.24, 2.45) is 5.73 Å². The lowest BCUT2D eigenvalue weighted by Gasteiger charge is -2.16. The van der Waals surface area contributed by atoms with Crippen LogP contribution < -0.4 is 11.1 Å². The molecule has 100 valence electrons. The van der Waals surface area contributed by atoms with Gasteiger partial charge < -0.3 is 5.73 Å². The van der Waals surface area contributed by atoms with E-state index in [1.54, 1.807) is 0 Å². The van der Waals surface area contributed by atoms with Gasteiger partial charge in [0, 0.05) is 17.0 Å². The molecule has 3 N–H and O–H groups in total. The highest BCUT2D eigenvalue weighted by Gasteiger charge is 2.24. The summed E-state index contributed by atoms with van der Waals surface area (Å²) in [6.07, 6.45) is 0. The van der Waals surface area contributed by atoms with Crippen LogP contribution in [0.5, 0.6) is 0 Å². The maximum Gasteiger partial charge on any atom is 0.239 e. The summed E-state index contributed by atoms with van der Waals surface area (Å²) in [7, 11) is 0. The normalized spacial score (nSPS) is 12.3. The van der Waals surface area contributed by atoms with Crippen molar-refractivity contribution >= 4 is 17.2 Å². The van der Waals surface area contributed by atoms with Gasteiger partial charge in [0.2, 0.25) is 5.91 Å². The first-order chi connectivity index (χ1) is 9.09. The first-order valence-electron chi connectivity index (χ1n) is 5.58. The minimum absolute atomic E-state index is 0.318. The Bertz CT molecular complexity index is 552. The monoisotopic (exact) mass is 282 g/mol. The van der Waals surface area contributed by atoms with Crippen molar-refractivity contribution in [2.75, 3.05) is 0 Å². The molecule has 1 aromatic carbocycles. The molecule has 0 bridgehead atoms. The third-order valence-corrected chi connectivity index (χ3v) is 3.51. The maximum atomic E-state index is 13.6. The number of hydrogen-bond donors (Lipinski definition) is 2. The highest BCUT2D eigenvalue weighted by Crippen LogP contribution is 2.21. The van der Waals surface area contributed by atoms with Gasteiger partial charge in [-0.3, -0.25) is 10.1 Å². The molecule has 1 heterocycles. The summed E-state index contributed by atoms with van der Waals surface area (Å²) < 4.78 is 27.3. The zero-order valence-corrected chi connectivity index (χ0v) is 10.7. The Morgan fingerprint density at radius 1 is 1.26 bits per heavy atom. The molecule has 3 nitrogen and oxygen atoms in total. The topological polar surface area (TPSA) is 55.1 Å². The molecule has 1 amide bonds. The second-order valence-corrected chi connectivity index (χ2v) is 4.96. The maximum absolute atomic E-state index is 13.6. The Morgan fingerprint density at radius 2 is 1.95 bits per heavy atom. The van der Waals surface area contributed by atoms with Gasteiger partial charge >= 0.3 is 0 Å². The Labute approximate surface area is 113 Å². The van der Waals surface area contributed by atoms with Gasteiger partial charge in [0.25, 0.3) is 0 Å². The van der Waals surface area contributed by atoms with E-state index in [2.05, 4.69) is 5.32 Å². The van der Waals surface area contributed by atoms with Crippen LogP contribution >= 0.6 is 11.3 Å². The second-order valence-electron chi connectivity index (χ2n) is 3.93. The zero-order chi connectivity index (χ0) is 13.8. The minimum Gasteiger partial charge on any atom is -0.368 e. The fourth-order valence-electron chi connectivity index (χ4n) is 1.75. The van der Waals surface area contributed by atoms with Crippen molar-refractivity contribution < 1.29 is 13.6 Å². The molecule has 0 aliphatic heterocycles. The molecule has 0 saturated carbocycles. The van der Waals surface area contributed by atoms with E-state index in [0.717, 1.165) is 17.0 Å². The van der Waals surface area contributed by atoms with Gasteiger partial charge in [0.1, 0.15) is 17.7 Å². The van der Waals surface area contributed by atoms with Crippen LogP contribution in [0.1, 0.15) is 16.5 Å². The Morgan fingerprint density at radius 3 is 2.47 bits per heavy atom. The Hall–Kier alpha value is -1.79. The number of thiophene rings is 1. The molecule has 1 atom stereocenters. The summed E-state index contributed by atoms with van der Waals surface area (Å²) in [5, 5.41) is 4.65. The molecule has 0 aliphatic carbocycles. The van der Waals surface area contributed by atoms with Crippen LogP contribution in [0.4, 0.5) is 8.78 Å². The van der Waals surface area contributed by atoms with E-state index >= 15 is 0 Å². The zero-order valence-electron chi connectivity index (χ0n) is 9.90. The van der Waals surface area contributed by atoms with Crippen LogP contribution in [0, 0.1) is 11.6 Å². The number of amides is 1. The minimum atomic E-state index is -1.19. The Balaban J connectivity index is 2.23. The summed E-state index contributed by atoms with van der Waals surface area (Å²) in [6, 6.07) is 5.95. The third kappa shape index (κ3) is 3.15. The van der Waals surface area contributed by atoms with Crippen molar-refractivity contribution in [1.82, 2.24) is 5.32 Å². The number of benzene rings is 1. The van der Waals surface area contributed by atoms with E-state index in [1.807, 2.05) is 17.5 Å². The molecule has 0 aliphatic rings. The molecular formula is C13H12F2N2OS. The lowest BCUT2D eigenvalue weighted by molar-refractivity contribution is -0.120. The van der Waals surface area contributed by atoms with E-state index in [0.29, 0.717) is 6.54 Å². The molecule has 1 aromatic heterocycles. The summed E-state index contributed by atoms with van der Waals surface area (Å²) in [4.78, 5) is 12.3. The predicted molar refractivity (Wildman–Crippen MR) is 69.5 cm³/mol. The van der Waals surface area contributed by atoms with Gasteiger partial charge in [-0.1, -0.05) is 12.1 Å². The summed E-state index contributed by atoms with van der Waals surface area (Å²) in [6.45, 7) is 0.318. The van der Waals surface area contributed by atoms with Crippen molar-refractivity contribution in [1.29, 1.82) is 0 Å². The van der Waals surface area contributed by atoms with Crippen LogP contribution in [0.25, 0.3) is 0 Å². The van der Waals surface area contributed by atoms with Gasteiger partial charge in [-0.2, -0.15) is 0 Å². The number of carbonyl (C=O) groups is 1. The number of nitrogens with two attached hydrogens (primary N) is 1. The summed E-state index contributed by atoms with van der Waals surface area (Å²) >= 11 is 1.48. The van der Waals surface area contributed by atoms with Crippen LogP contribution in [0.15, 0.2) is 35.7 Å². The van der Waals surface area contributed by atoms with E-state index in [-0.39, 0.29) is 5.56 Å². The van der Waals surface area contributed by atoms with Gasteiger partial charge in [-0.15, -0.1) is 11.3 Å². The van der Waals surface area contributed by atoms with E-state index in [9.17, 15) is 13.6 Å². The number of hydrogen-bond acceptors (Lipinski definition) is 3. The van der Waals surface area contributed by atoms with Gasteiger partial charge in [-0.05, 0) is 23.6 Å². The molecule has 1 unspecified atom stereocenters. The molecule has 0 fully saturated rings. The number of primary amides is 1. The molecule has 6 heteroatoms. The molecule has 2 rings (SSSR count). The molecular weight excluding hydrogens is 270 g/mol. The first kappa shape index (κ1) is 13.6. The predicted octanol–water partition coefficient (Wildman–Crippen LogP) is 2.34. The van der Waals surface area contributed by atoms with Crippen LogP contribution in [0.2, 0.25) is 0 Å². The molecule has 0 saturated heterocycles. The average molecular weight is 282 g/mol. The quantitative estimate of drug-likeness (QED) is 0.884. The van der Waals surface area contributed by atoms with Gasteiger partial charge in [0.05, 0.1) is 0 Å². The highest BCUT2D eigenvalue weighted by atomic mass is 32.1. The highest BCUT2D eigenvalue weighted by molar-refractivity contribution is 7.09. The van der Waals surface area contributed by atoms with Crippen LogP contribution in [0.3, 0.4) is 0 Å². The molecule has 0 radical (unpaired) electrons. The molecule has 0 spiro atoms.